The first-order chi connectivity index (χ1) is 17.1. The van der Waals surface area contributed by atoms with Gasteiger partial charge in [-0.25, -0.2) is 0 Å². The molecule has 0 N–H and O–H groups in total. The smallest absolute Gasteiger partial charge is 0.122 e. The van der Waals surface area contributed by atoms with Crippen LogP contribution in [-0.4, -0.2) is 49.7 Å². The maximum absolute atomic E-state index is 12.7. The Kier molecular flexibility index (Phi) is 9.42. The molecule has 0 aromatic heterocycles. The summed E-state index contributed by atoms with van der Waals surface area (Å²) in [6.45, 7) is 4.06. The zero-order chi connectivity index (χ0) is 24.3. The molecule has 0 radical (unpaired) electrons. The van der Waals surface area contributed by atoms with Gasteiger partial charge in [-0.1, -0.05) is 61.0 Å². The van der Waals surface area contributed by atoms with Gasteiger partial charge in [0.1, 0.15) is 12.3 Å². The molecule has 4 nitrogen and oxygen atoms in total. The van der Waals surface area contributed by atoms with E-state index in [0.717, 1.165) is 48.1 Å². The Morgan fingerprint density at radius 3 is 2.57 bits per heavy atom. The van der Waals surface area contributed by atoms with Crippen molar-refractivity contribution in [3.8, 4) is 5.75 Å². The van der Waals surface area contributed by atoms with Crippen molar-refractivity contribution in [1.82, 2.24) is 0 Å². The summed E-state index contributed by atoms with van der Waals surface area (Å²) in [4.78, 5) is 4.61. The first-order valence-electron chi connectivity index (χ1n) is 13.6. The van der Waals surface area contributed by atoms with E-state index in [1.54, 1.807) is 5.57 Å². The number of hydrogen-bond donors (Lipinski definition) is 0. The van der Waals surface area contributed by atoms with Crippen LogP contribution < -0.4 is 9.84 Å². The Morgan fingerprint density at radius 2 is 1.74 bits per heavy atom. The second kappa shape index (κ2) is 12.9. The number of aryl methyl sites for hydroxylation is 1. The van der Waals surface area contributed by atoms with Crippen LogP contribution in [0.5, 0.6) is 5.75 Å². The monoisotopic (exact) mass is 474 g/mol. The van der Waals surface area contributed by atoms with Crippen LogP contribution in [0.1, 0.15) is 62.5 Å². The molecule has 4 heteroatoms. The van der Waals surface area contributed by atoms with Gasteiger partial charge in [0.2, 0.25) is 0 Å². The van der Waals surface area contributed by atoms with Crippen LogP contribution in [0.4, 0.5) is 0 Å². The van der Waals surface area contributed by atoms with Crippen molar-refractivity contribution < 1.29 is 14.3 Å². The van der Waals surface area contributed by atoms with E-state index >= 15 is 0 Å². The molecule has 0 unspecified atom stereocenters. The molecule has 35 heavy (non-hydrogen) atoms. The molecule has 0 spiro atoms. The van der Waals surface area contributed by atoms with Crippen molar-refractivity contribution >= 4 is 5.90 Å². The van der Waals surface area contributed by atoms with Gasteiger partial charge in [0.15, 0.2) is 0 Å². The maximum atomic E-state index is 12.7. The predicted molar refractivity (Wildman–Crippen MR) is 143 cm³/mol. The highest BCUT2D eigenvalue weighted by molar-refractivity contribution is 5.72. The number of quaternary nitrogens is 1. The van der Waals surface area contributed by atoms with Crippen LogP contribution in [0, 0.1) is 0 Å². The fourth-order valence-corrected chi connectivity index (χ4v) is 5.46. The van der Waals surface area contributed by atoms with Crippen molar-refractivity contribution in [2.75, 3.05) is 33.3 Å². The largest absolute Gasteiger partial charge is 0.862 e. The lowest BCUT2D eigenvalue weighted by Crippen LogP contribution is -2.51. The van der Waals surface area contributed by atoms with E-state index in [0.29, 0.717) is 19.4 Å². The third-order valence-corrected chi connectivity index (χ3v) is 7.62. The first kappa shape index (κ1) is 25.5. The summed E-state index contributed by atoms with van der Waals surface area (Å²) in [5.74, 6) is 0.923. The number of allylic oxidation sites excluding steroid dienone is 1. The molecule has 0 saturated carbocycles. The Hall–Kier alpha value is -2.59. The summed E-state index contributed by atoms with van der Waals surface area (Å²) in [7, 11) is 2.39. The van der Waals surface area contributed by atoms with Gasteiger partial charge in [0, 0.05) is 19.3 Å². The molecule has 0 amide bonds. The van der Waals surface area contributed by atoms with Gasteiger partial charge in [0.05, 0.1) is 32.8 Å². The van der Waals surface area contributed by atoms with Crippen molar-refractivity contribution in [3.05, 3.63) is 77.4 Å². The van der Waals surface area contributed by atoms with Gasteiger partial charge in [-0.3, -0.25) is 0 Å². The van der Waals surface area contributed by atoms with Crippen LogP contribution in [0.25, 0.3) is 0 Å². The third kappa shape index (κ3) is 8.24. The number of aliphatic imine (C=N–C) groups is 1. The zero-order valence-corrected chi connectivity index (χ0v) is 21.5. The van der Waals surface area contributed by atoms with Gasteiger partial charge in [-0.05, 0) is 67.2 Å². The van der Waals surface area contributed by atoms with Crippen molar-refractivity contribution in [2.24, 2.45) is 4.99 Å². The molecule has 1 aliphatic carbocycles. The SMILES string of the molecule is C[N+]1(CC2=CCCCCC2)CCC(N=C([O-])CCc2ccccc2OCCc2ccccc2)CC1. The van der Waals surface area contributed by atoms with Crippen molar-refractivity contribution in [2.45, 2.75) is 70.3 Å². The number of piperidine rings is 1. The second-order valence-electron chi connectivity index (χ2n) is 10.6. The van der Waals surface area contributed by atoms with E-state index in [1.165, 1.54) is 44.2 Å². The standard InChI is InChI=1S/C31H42N2O2/c1-33(25-27-13-5-2-3-6-14-27)22-19-29(20-23-33)32-31(34)18-17-28-15-9-10-16-30(28)35-24-21-26-11-7-4-8-12-26/h4,7-13,15-16,29H,2-3,5-6,14,17-25H2,1H3. The lowest BCUT2D eigenvalue weighted by molar-refractivity contribution is -0.909. The van der Waals surface area contributed by atoms with Gasteiger partial charge in [0.25, 0.3) is 0 Å². The average Bonchev–Trinajstić information content (AvgIpc) is 3.14. The first-order valence-corrected chi connectivity index (χ1v) is 13.6. The number of nitrogens with zero attached hydrogens (tertiary/aromatic N) is 2. The summed E-state index contributed by atoms with van der Waals surface area (Å²) in [6.07, 6.45) is 13.1. The van der Waals surface area contributed by atoms with Gasteiger partial charge in [-0.2, -0.15) is 0 Å². The Balaban J connectivity index is 1.23. The summed E-state index contributed by atoms with van der Waals surface area (Å²) < 4.78 is 7.18. The molecular weight excluding hydrogens is 432 g/mol. The Labute approximate surface area is 211 Å². The molecule has 1 saturated heterocycles. The normalized spacial score (nSPS) is 23.4. The average molecular weight is 475 g/mol. The van der Waals surface area contributed by atoms with Crippen LogP contribution in [-0.2, 0) is 12.8 Å². The minimum atomic E-state index is 0.0386. The Bertz CT molecular complexity index is 974. The molecule has 1 fully saturated rings. The van der Waals surface area contributed by atoms with E-state index in [9.17, 15) is 5.11 Å². The number of benzene rings is 2. The van der Waals surface area contributed by atoms with Gasteiger partial charge < -0.3 is 19.3 Å². The molecule has 4 rings (SSSR count). The lowest BCUT2D eigenvalue weighted by atomic mass is 10.0. The van der Waals surface area contributed by atoms with E-state index < -0.39 is 0 Å². The number of likely N-dealkylation sites (N-methyl/N-ethyl adjacent to an activating group) is 1. The molecule has 2 aromatic carbocycles. The topological polar surface area (TPSA) is 44.7 Å². The molecule has 2 aliphatic rings. The Morgan fingerprint density at radius 1 is 0.971 bits per heavy atom. The number of likely N-dealkylation sites (tertiary alicyclic amines) is 1. The van der Waals surface area contributed by atoms with Crippen LogP contribution in [0.3, 0.4) is 0 Å². The number of para-hydroxylation sites is 1. The van der Waals surface area contributed by atoms with Crippen LogP contribution in [0.2, 0.25) is 0 Å². The minimum Gasteiger partial charge on any atom is -0.862 e. The van der Waals surface area contributed by atoms with Crippen molar-refractivity contribution in [3.63, 3.8) is 0 Å². The van der Waals surface area contributed by atoms with E-state index in [1.807, 2.05) is 24.3 Å². The van der Waals surface area contributed by atoms with E-state index in [2.05, 4.69) is 48.4 Å². The lowest BCUT2D eigenvalue weighted by Gasteiger charge is -2.40. The van der Waals surface area contributed by atoms with Crippen molar-refractivity contribution in [1.29, 1.82) is 0 Å². The molecule has 1 heterocycles. The summed E-state index contributed by atoms with van der Waals surface area (Å²) >= 11 is 0. The summed E-state index contributed by atoms with van der Waals surface area (Å²) in [5, 5.41) is 12.7. The molecule has 2 aromatic rings. The molecule has 1 aliphatic heterocycles. The number of rotatable bonds is 10. The van der Waals surface area contributed by atoms with Crippen LogP contribution >= 0.6 is 0 Å². The highest BCUT2D eigenvalue weighted by Gasteiger charge is 2.30. The fourth-order valence-electron chi connectivity index (χ4n) is 5.46. The molecule has 0 bridgehead atoms. The van der Waals surface area contributed by atoms with Gasteiger partial charge in [-0.15, -0.1) is 0 Å². The summed E-state index contributed by atoms with van der Waals surface area (Å²) in [5.41, 5.74) is 4.02. The molecular formula is C31H42N2O2. The third-order valence-electron chi connectivity index (χ3n) is 7.62. The van der Waals surface area contributed by atoms with Gasteiger partial charge >= 0.3 is 0 Å². The highest BCUT2D eigenvalue weighted by Crippen LogP contribution is 2.25. The maximum Gasteiger partial charge on any atom is 0.122 e. The number of hydrogen-bond acceptors (Lipinski definition) is 3. The fraction of sp³-hybridized carbons (Fsp3) is 0.516. The zero-order valence-electron chi connectivity index (χ0n) is 21.5. The second-order valence-corrected chi connectivity index (χ2v) is 10.6. The van der Waals surface area contributed by atoms with E-state index in [-0.39, 0.29) is 11.9 Å². The quantitative estimate of drug-likeness (QED) is 0.198. The predicted octanol–water partition coefficient (Wildman–Crippen LogP) is 5.50. The molecule has 0 atom stereocenters. The molecule has 188 valence electrons. The van der Waals surface area contributed by atoms with Crippen LogP contribution in [0.15, 0.2) is 71.2 Å². The summed E-state index contributed by atoms with van der Waals surface area (Å²) in [6, 6.07) is 18.7. The minimum absolute atomic E-state index is 0.0386. The highest BCUT2D eigenvalue weighted by atomic mass is 16.5. The number of ether oxygens (including phenoxy) is 1. The van der Waals surface area contributed by atoms with E-state index in [4.69, 9.17) is 4.74 Å².